The Labute approximate surface area is 323 Å². The van der Waals surface area contributed by atoms with Crippen molar-refractivity contribution in [2.24, 2.45) is 0 Å². The molecular formula is C52H34N2S. The van der Waals surface area contributed by atoms with Crippen LogP contribution in [0.25, 0.3) is 80.7 Å². The van der Waals surface area contributed by atoms with E-state index in [1.165, 1.54) is 75.0 Å². The topological polar surface area (TPSA) is 8.17 Å². The molecule has 2 heterocycles. The summed E-state index contributed by atoms with van der Waals surface area (Å²) in [4.78, 5) is 2.42. The Kier molecular flexibility index (Phi) is 7.39. The van der Waals surface area contributed by atoms with Crippen molar-refractivity contribution in [2.45, 2.75) is 0 Å². The molecule has 0 N–H and O–H groups in total. The third-order valence-electron chi connectivity index (χ3n) is 11.0. The van der Waals surface area contributed by atoms with Crippen LogP contribution in [0.4, 0.5) is 17.1 Å². The lowest BCUT2D eigenvalue weighted by atomic mass is 9.95. The molecule has 0 fully saturated rings. The van der Waals surface area contributed by atoms with E-state index < -0.39 is 0 Å². The molecule has 0 unspecified atom stereocenters. The summed E-state index contributed by atoms with van der Waals surface area (Å²) in [5, 5.41) is 7.68. The average Bonchev–Trinajstić information content (AvgIpc) is 3.81. The first-order valence-electron chi connectivity index (χ1n) is 18.8. The van der Waals surface area contributed by atoms with Gasteiger partial charge in [0, 0.05) is 53.4 Å². The first kappa shape index (κ1) is 31.6. The highest BCUT2D eigenvalue weighted by molar-refractivity contribution is 7.26. The first-order chi connectivity index (χ1) is 27.3. The fourth-order valence-electron chi connectivity index (χ4n) is 8.46. The number of benzene rings is 9. The number of para-hydroxylation sites is 3. The van der Waals surface area contributed by atoms with E-state index in [9.17, 15) is 0 Å². The van der Waals surface area contributed by atoms with Gasteiger partial charge in [0.1, 0.15) is 0 Å². The van der Waals surface area contributed by atoms with Crippen molar-refractivity contribution in [1.29, 1.82) is 0 Å². The zero-order valence-corrected chi connectivity index (χ0v) is 30.7. The Bertz CT molecular complexity index is 3180. The molecule has 0 radical (unpaired) electrons. The molecule has 11 aromatic rings. The third kappa shape index (κ3) is 5.16. The molecule has 3 heteroatoms. The number of rotatable bonds is 6. The van der Waals surface area contributed by atoms with E-state index in [0.717, 1.165) is 22.7 Å². The highest BCUT2D eigenvalue weighted by Gasteiger charge is 2.22. The first-order valence-corrected chi connectivity index (χ1v) is 19.6. The molecular weight excluding hydrogens is 685 g/mol. The lowest BCUT2D eigenvalue weighted by Gasteiger charge is -2.27. The van der Waals surface area contributed by atoms with Crippen LogP contribution in [-0.2, 0) is 0 Å². The van der Waals surface area contributed by atoms with E-state index >= 15 is 0 Å². The standard InChI is InChI=1S/C52H34N2S/c1-3-14-35(15-4-1)36-26-30-39(31-27-36)53(49-24-13-22-44-42-19-9-11-23-48(42)54(51(44)49)38-16-5-2-6-17-38)40-32-28-37(29-33-40)46-34-47-43-20-10-12-25-50(43)55-52(47)45-21-8-7-18-41(45)46/h1-34H. The fraction of sp³-hybridized carbons (Fsp3) is 0. The number of hydrogen-bond acceptors (Lipinski definition) is 2. The van der Waals surface area contributed by atoms with Crippen LogP contribution >= 0.6 is 11.3 Å². The summed E-state index contributed by atoms with van der Waals surface area (Å²) in [5.74, 6) is 0. The molecule has 0 atom stereocenters. The maximum atomic E-state index is 2.42. The minimum Gasteiger partial charge on any atom is -0.308 e. The Hall–Kier alpha value is -6.94. The smallest absolute Gasteiger partial charge is 0.0782 e. The monoisotopic (exact) mass is 718 g/mol. The molecule has 258 valence electrons. The average molecular weight is 719 g/mol. The molecule has 11 rings (SSSR count). The van der Waals surface area contributed by atoms with Gasteiger partial charge < -0.3 is 9.47 Å². The van der Waals surface area contributed by atoms with Gasteiger partial charge in [-0.1, -0.05) is 146 Å². The van der Waals surface area contributed by atoms with Gasteiger partial charge in [0.25, 0.3) is 0 Å². The molecule has 0 saturated carbocycles. The number of nitrogens with zero attached hydrogens (tertiary/aromatic N) is 2. The van der Waals surface area contributed by atoms with E-state index in [1.807, 2.05) is 11.3 Å². The predicted octanol–water partition coefficient (Wildman–Crippen LogP) is 15.1. The maximum absolute atomic E-state index is 2.42. The van der Waals surface area contributed by atoms with Gasteiger partial charge in [-0.15, -0.1) is 11.3 Å². The molecule has 0 aliphatic rings. The van der Waals surface area contributed by atoms with Crippen LogP contribution in [0.15, 0.2) is 206 Å². The van der Waals surface area contributed by atoms with Crippen molar-refractivity contribution in [3.05, 3.63) is 206 Å². The summed E-state index contributed by atoms with van der Waals surface area (Å²) in [6, 6.07) is 75.1. The van der Waals surface area contributed by atoms with Crippen LogP contribution in [0, 0.1) is 0 Å². The molecule has 2 nitrogen and oxygen atoms in total. The van der Waals surface area contributed by atoms with Crippen molar-refractivity contribution in [3.63, 3.8) is 0 Å². The number of fused-ring (bicyclic) bond motifs is 8. The van der Waals surface area contributed by atoms with Crippen molar-refractivity contribution in [3.8, 4) is 27.9 Å². The second kappa shape index (κ2) is 12.9. The zero-order chi connectivity index (χ0) is 36.3. The van der Waals surface area contributed by atoms with E-state index in [0.29, 0.717) is 0 Å². The van der Waals surface area contributed by atoms with Crippen LogP contribution < -0.4 is 4.90 Å². The number of aromatic nitrogens is 1. The summed E-state index contributed by atoms with van der Waals surface area (Å²) < 4.78 is 5.10. The molecule has 0 saturated heterocycles. The SMILES string of the molecule is c1ccc(-c2ccc(N(c3ccc(-c4cc5c6ccccc6sc5c5ccccc45)cc3)c3cccc4c5ccccc5n(-c5ccccc5)c34)cc2)cc1. The summed E-state index contributed by atoms with van der Waals surface area (Å²) in [6.07, 6.45) is 0. The van der Waals surface area contributed by atoms with Gasteiger partial charge in [0.2, 0.25) is 0 Å². The van der Waals surface area contributed by atoms with Gasteiger partial charge in [-0.25, -0.2) is 0 Å². The molecule has 0 spiro atoms. The van der Waals surface area contributed by atoms with Crippen molar-refractivity contribution in [2.75, 3.05) is 4.90 Å². The van der Waals surface area contributed by atoms with Crippen LogP contribution in [0.5, 0.6) is 0 Å². The van der Waals surface area contributed by atoms with Gasteiger partial charge in [-0.05, 0) is 88.3 Å². The molecule has 0 aliphatic carbocycles. The third-order valence-corrected chi connectivity index (χ3v) is 12.2. The highest BCUT2D eigenvalue weighted by atomic mass is 32.1. The molecule has 0 amide bonds. The maximum Gasteiger partial charge on any atom is 0.0782 e. The van der Waals surface area contributed by atoms with Crippen LogP contribution in [-0.4, -0.2) is 4.57 Å². The predicted molar refractivity (Wildman–Crippen MR) is 237 cm³/mol. The summed E-state index contributed by atoms with van der Waals surface area (Å²) in [6.45, 7) is 0. The molecule has 0 bridgehead atoms. The summed E-state index contributed by atoms with van der Waals surface area (Å²) in [5.41, 5.74) is 11.7. The van der Waals surface area contributed by atoms with Gasteiger partial charge in [0.15, 0.2) is 0 Å². The van der Waals surface area contributed by atoms with Crippen molar-refractivity contribution >= 4 is 81.1 Å². The van der Waals surface area contributed by atoms with Crippen molar-refractivity contribution in [1.82, 2.24) is 4.57 Å². The van der Waals surface area contributed by atoms with Crippen LogP contribution in [0.3, 0.4) is 0 Å². The van der Waals surface area contributed by atoms with Gasteiger partial charge in [-0.3, -0.25) is 0 Å². The Morgan fingerprint density at radius 1 is 0.382 bits per heavy atom. The lowest BCUT2D eigenvalue weighted by Crippen LogP contribution is -2.11. The highest BCUT2D eigenvalue weighted by Crippen LogP contribution is 2.46. The van der Waals surface area contributed by atoms with Crippen molar-refractivity contribution < 1.29 is 0 Å². The van der Waals surface area contributed by atoms with E-state index in [-0.39, 0.29) is 0 Å². The van der Waals surface area contributed by atoms with E-state index in [1.54, 1.807) is 0 Å². The minimum absolute atomic E-state index is 1.10. The molecule has 0 aliphatic heterocycles. The summed E-state index contributed by atoms with van der Waals surface area (Å²) in [7, 11) is 0. The molecule has 9 aromatic carbocycles. The van der Waals surface area contributed by atoms with Gasteiger partial charge >= 0.3 is 0 Å². The molecule has 55 heavy (non-hydrogen) atoms. The summed E-state index contributed by atoms with van der Waals surface area (Å²) >= 11 is 1.89. The van der Waals surface area contributed by atoms with Crippen LogP contribution in [0.1, 0.15) is 0 Å². The second-order valence-corrected chi connectivity index (χ2v) is 15.2. The largest absolute Gasteiger partial charge is 0.308 e. The normalized spacial score (nSPS) is 11.6. The van der Waals surface area contributed by atoms with Crippen LogP contribution in [0.2, 0.25) is 0 Å². The quantitative estimate of drug-likeness (QED) is 0.166. The number of hydrogen-bond donors (Lipinski definition) is 0. The fourth-order valence-corrected chi connectivity index (χ4v) is 9.68. The Morgan fingerprint density at radius 2 is 0.945 bits per heavy atom. The van der Waals surface area contributed by atoms with Gasteiger partial charge in [-0.2, -0.15) is 0 Å². The Morgan fingerprint density at radius 3 is 1.69 bits per heavy atom. The van der Waals surface area contributed by atoms with E-state index in [4.69, 9.17) is 0 Å². The second-order valence-electron chi connectivity index (χ2n) is 14.1. The van der Waals surface area contributed by atoms with Gasteiger partial charge in [0.05, 0.1) is 16.7 Å². The number of anilines is 3. The van der Waals surface area contributed by atoms with E-state index in [2.05, 4.69) is 216 Å². The molecule has 2 aromatic heterocycles. The Balaban J connectivity index is 1.13. The zero-order valence-electron chi connectivity index (χ0n) is 29.9. The number of thiophene rings is 1. The minimum atomic E-state index is 1.10. The lowest BCUT2D eigenvalue weighted by molar-refractivity contribution is 1.17.